The fraction of sp³-hybridized carbons (Fsp3) is 0.286. The van der Waals surface area contributed by atoms with Crippen LogP contribution >= 0.6 is 23.1 Å². The van der Waals surface area contributed by atoms with Gasteiger partial charge in [0, 0.05) is 34.3 Å². The number of amides is 1. The summed E-state index contributed by atoms with van der Waals surface area (Å²) in [6.45, 7) is 5.96. The largest absolute Gasteiger partial charge is 0.491 e. The Morgan fingerprint density at radius 3 is 2.76 bits per heavy atom. The highest BCUT2D eigenvalue weighted by molar-refractivity contribution is 8.00. The van der Waals surface area contributed by atoms with Crippen molar-refractivity contribution in [2.45, 2.75) is 37.4 Å². The first kappa shape index (κ1) is 21.1. The van der Waals surface area contributed by atoms with Crippen molar-refractivity contribution in [1.82, 2.24) is 9.55 Å². The van der Waals surface area contributed by atoms with Gasteiger partial charge in [0.05, 0.1) is 13.3 Å². The van der Waals surface area contributed by atoms with Crippen LogP contribution < -0.4 is 15.5 Å². The molecule has 0 atom stereocenters. The van der Waals surface area contributed by atoms with Crippen molar-refractivity contribution < 1.29 is 9.53 Å². The zero-order valence-electron chi connectivity index (χ0n) is 16.8. The summed E-state index contributed by atoms with van der Waals surface area (Å²) in [6, 6.07) is 7.46. The molecule has 2 heterocycles. The number of methoxy groups -OCH3 is 1. The minimum absolute atomic E-state index is 0.0802. The van der Waals surface area contributed by atoms with Crippen LogP contribution in [0.4, 0.5) is 5.69 Å². The number of pyridine rings is 1. The van der Waals surface area contributed by atoms with E-state index < -0.39 is 0 Å². The van der Waals surface area contributed by atoms with Crippen LogP contribution in [0.3, 0.4) is 0 Å². The maximum absolute atomic E-state index is 12.7. The van der Waals surface area contributed by atoms with Gasteiger partial charge in [-0.2, -0.15) is 0 Å². The topological polar surface area (TPSA) is 73.2 Å². The standard InChI is InChI=1S/C21H23N3O3S2/c1-13-5-6-14(2)17(7-13)23-20(26)10-24-9-19(27-4)18(25)8-16(24)12-29-21-22-15(3)11-28-21/h5-9,11H,10,12H2,1-4H3,(H,23,26). The number of benzene rings is 1. The number of thioether (sulfide) groups is 1. The molecule has 0 radical (unpaired) electrons. The summed E-state index contributed by atoms with van der Waals surface area (Å²) in [5.41, 5.74) is 4.37. The molecule has 3 aromatic rings. The maximum Gasteiger partial charge on any atom is 0.244 e. The van der Waals surface area contributed by atoms with Crippen LogP contribution in [0, 0.1) is 20.8 Å². The van der Waals surface area contributed by atoms with E-state index in [-0.39, 0.29) is 23.6 Å². The van der Waals surface area contributed by atoms with E-state index in [9.17, 15) is 9.59 Å². The number of thiazole rings is 1. The molecule has 6 nitrogen and oxygen atoms in total. The summed E-state index contributed by atoms with van der Waals surface area (Å²) in [4.78, 5) is 29.4. The smallest absolute Gasteiger partial charge is 0.244 e. The molecule has 0 saturated heterocycles. The van der Waals surface area contributed by atoms with E-state index in [1.54, 1.807) is 33.9 Å². The van der Waals surface area contributed by atoms with Crippen LogP contribution in [0.15, 0.2) is 45.0 Å². The Morgan fingerprint density at radius 2 is 2.07 bits per heavy atom. The van der Waals surface area contributed by atoms with Crippen molar-refractivity contribution in [3.05, 3.63) is 68.6 Å². The van der Waals surface area contributed by atoms with Crippen LogP contribution in [0.5, 0.6) is 5.75 Å². The lowest BCUT2D eigenvalue weighted by Gasteiger charge is -2.15. The second-order valence-corrected chi connectivity index (χ2v) is 8.82. The molecule has 0 saturated carbocycles. The summed E-state index contributed by atoms with van der Waals surface area (Å²) >= 11 is 3.11. The van der Waals surface area contributed by atoms with E-state index in [1.807, 2.05) is 44.4 Å². The van der Waals surface area contributed by atoms with Gasteiger partial charge >= 0.3 is 0 Å². The summed E-state index contributed by atoms with van der Waals surface area (Å²) in [5.74, 6) is 0.576. The molecule has 0 fully saturated rings. The van der Waals surface area contributed by atoms with Crippen molar-refractivity contribution in [1.29, 1.82) is 0 Å². The van der Waals surface area contributed by atoms with Gasteiger partial charge in [-0.25, -0.2) is 4.98 Å². The van der Waals surface area contributed by atoms with Crippen molar-refractivity contribution in [3.63, 3.8) is 0 Å². The van der Waals surface area contributed by atoms with Crippen molar-refractivity contribution in [3.8, 4) is 5.75 Å². The Balaban J connectivity index is 1.81. The lowest BCUT2D eigenvalue weighted by atomic mass is 10.1. The van der Waals surface area contributed by atoms with E-state index in [1.165, 1.54) is 13.2 Å². The summed E-state index contributed by atoms with van der Waals surface area (Å²) < 4.78 is 7.85. The first-order valence-electron chi connectivity index (χ1n) is 9.05. The highest BCUT2D eigenvalue weighted by Gasteiger charge is 2.13. The molecule has 3 rings (SSSR count). The van der Waals surface area contributed by atoms with Crippen LogP contribution in [0.2, 0.25) is 0 Å². The molecule has 1 N–H and O–H groups in total. The number of carbonyl (C=O) groups is 1. The number of carbonyl (C=O) groups excluding carboxylic acids is 1. The number of nitrogens with one attached hydrogen (secondary N) is 1. The Morgan fingerprint density at radius 1 is 1.28 bits per heavy atom. The third kappa shape index (κ3) is 5.48. The Bertz CT molecular complexity index is 1090. The van der Waals surface area contributed by atoms with Gasteiger partial charge in [0.15, 0.2) is 5.75 Å². The van der Waals surface area contributed by atoms with Crippen LogP contribution in [-0.2, 0) is 17.1 Å². The number of anilines is 1. The molecule has 0 spiro atoms. The molecule has 2 aromatic heterocycles. The average molecular weight is 430 g/mol. The van der Waals surface area contributed by atoms with E-state index in [4.69, 9.17) is 4.74 Å². The predicted molar refractivity (Wildman–Crippen MR) is 118 cm³/mol. The van der Waals surface area contributed by atoms with Gasteiger partial charge in [-0.05, 0) is 38.0 Å². The molecule has 8 heteroatoms. The molecule has 0 aliphatic rings. The Hall–Kier alpha value is -2.58. The molecule has 152 valence electrons. The van der Waals surface area contributed by atoms with Gasteiger partial charge < -0.3 is 14.6 Å². The number of nitrogens with zero attached hydrogens (tertiary/aromatic N) is 2. The van der Waals surface area contributed by atoms with Crippen LogP contribution in [-0.4, -0.2) is 22.6 Å². The van der Waals surface area contributed by atoms with Crippen molar-refractivity contribution in [2.75, 3.05) is 12.4 Å². The molecule has 1 aromatic carbocycles. The third-order valence-electron chi connectivity index (χ3n) is 4.33. The first-order valence-corrected chi connectivity index (χ1v) is 10.9. The summed E-state index contributed by atoms with van der Waals surface area (Å²) in [5, 5.41) is 4.95. The second-order valence-electron chi connectivity index (χ2n) is 6.74. The van der Waals surface area contributed by atoms with Gasteiger partial charge in [-0.1, -0.05) is 23.9 Å². The number of hydrogen-bond acceptors (Lipinski definition) is 6. The lowest BCUT2D eigenvalue weighted by molar-refractivity contribution is -0.116. The molecule has 29 heavy (non-hydrogen) atoms. The van der Waals surface area contributed by atoms with Crippen LogP contribution in [0.1, 0.15) is 22.5 Å². The molecular formula is C21H23N3O3S2. The van der Waals surface area contributed by atoms with E-state index in [0.29, 0.717) is 5.75 Å². The van der Waals surface area contributed by atoms with Crippen molar-refractivity contribution >= 4 is 34.7 Å². The average Bonchev–Trinajstić information content (AvgIpc) is 3.09. The van der Waals surface area contributed by atoms with Gasteiger partial charge in [0.25, 0.3) is 0 Å². The Labute approximate surface area is 177 Å². The predicted octanol–water partition coefficient (Wildman–Crippen LogP) is 4.17. The molecular weight excluding hydrogens is 406 g/mol. The van der Waals surface area contributed by atoms with Gasteiger partial charge in [-0.3, -0.25) is 9.59 Å². The monoisotopic (exact) mass is 429 g/mol. The van der Waals surface area contributed by atoms with Crippen LogP contribution in [0.25, 0.3) is 0 Å². The first-order chi connectivity index (χ1) is 13.9. The van der Waals surface area contributed by atoms with E-state index >= 15 is 0 Å². The molecule has 0 unspecified atom stereocenters. The molecule has 1 amide bonds. The Kier molecular flexibility index (Phi) is 6.76. The van der Waals surface area contributed by atoms with Crippen molar-refractivity contribution in [2.24, 2.45) is 0 Å². The summed E-state index contributed by atoms with van der Waals surface area (Å²) in [6.07, 6.45) is 1.59. The lowest BCUT2D eigenvalue weighted by Crippen LogP contribution is -2.23. The fourth-order valence-corrected chi connectivity index (χ4v) is 4.61. The third-order valence-corrected chi connectivity index (χ3v) is 6.50. The number of aryl methyl sites for hydroxylation is 3. The number of aromatic nitrogens is 2. The highest BCUT2D eigenvalue weighted by atomic mass is 32.2. The summed E-state index contributed by atoms with van der Waals surface area (Å²) in [7, 11) is 1.45. The zero-order chi connectivity index (χ0) is 21.0. The number of rotatable bonds is 7. The number of ether oxygens (including phenoxy) is 1. The quantitative estimate of drug-likeness (QED) is 0.571. The minimum Gasteiger partial charge on any atom is -0.491 e. The number of hydrogen-bond donors (Lipinski definition) is 1. The highest BCUT2D eigenvalue weighted by Crippen LogP contribution is 2.26. The van der Waals surface area contributed by atoms with Gasteiger partial charge in [-0.15, -0.1) is 11.3 Å². The van der Waals surface area contributed by atoms with Gasteiger partial charge in [0.1, 0.15) is 10.9 Å². The minimum atomic E-state index is -0.204. The zero-order valence-corrected chi connectivity index (χ0v) is 18.4. The van der Waals surface area contributed by atoms with Gasteiger partial charge in [0.2, 0.25) is 11.3 Å². The maximum atomic E-state index is 12.7. The normalized spacial score (nSPS) is 10.8. The second kappa shape index (κ2) is 9.28. The molecule has 0 aliphatic heterocycles. The molecule has 0 aliphatic carbocycles. The SMILES string of the molecule is COc1cn(CC(=O)Nc2cc(C)ccc2C)c(CSc2nc(C)cs2)cc1=O. The fourth-order valence-electron chi connectivity index (χ4n) is 2.77. The van der Waals surface area contributed by atoms with E-state index in [0.717, 1.165) is 32.5 Å². The molecule has 0 bridgehead atoms. The van der Waals surface area contributed by atoms with E-state index in [2.05, 4.69) is 10.3 Å².